The predicted molar refractivity (Wildman–Crippen MR) is 96.0 cm³/mol. The van der Waals surface area contributed by atoms with Crippen LogP contribution in [0.1, 0.15) is 0 Å². The Morgan fingerprint density at radius 2 is 1.72 bits per heavy atom. The molecule has 2 aromatic heterocycles. The number of hydrogen-bond donors (Lipinski definition) is 2. The molecule has 0 atom stereocenters. The van der Waals surface area contributed by atoms with Gasteiger partial charge in [-0.3, -0.25) is 15.1 Å². The molecule has 0 aliphatic rings. The summed E-state index contributed by atoms with van der Waals surface area (Å²) in [6.45, 7) is 0. The molecule has 0 spiro atoms. The zero-order valence-corrected chi connectivity index (χ0v) is 14.0. The molecule has 0 aliphatic carbocycles. The van der Waals surface area contributed by atoms with Crippen LogP contribution in [0.5, 0.6) is 0 Å². The highest BCUT2D eigenvalue weighted by atomic mass is 35.5. The van der Waals surface area contributed by atoms with Crippen molar-refractivity contribution in [2.24, 2.45) is 0 Å². The Labute approximate surface area is 152 Å². The Hall–Kier alpha value is -2.97. The van der Waals surface area contributed by atoms with Crippen LogP contribution < -0.4 is 10.6 Å². The largest absolute Gasteiger partial charge is 0.353 e. The molecular weight excluding hydrogens is 367 g/mol. The summed E-state index contributed by atoms with van der Waals surface area (Å²) < 4.78 is 0. The fourth-order valence-electron chi connectivity index (χ4n) is 2.02. The third-order valence-corrected chi connectivity index (χ3v) is 3.85. The Morgan fingerprint density at radius 1 is 1.00 bits per heavy atom. The Balaban J connectivity index is 1.97. The molecule has 0 amide bonds. The van der Waals surface area contributed by atoms with Gasteiger partial charge in [-0.1, -0.05) is 23.2 Å². The molecule has 0 bridgehead atoms. The lowest BCUT2D eigenvalue weighted by Crippen LogP contribution is -2.05. The third-order valence-electron chi connectivity index (χ3n) is 3.11. The maximum absolute atomic E-state index is 11.5. The lowest BCUT2D eigenvalue weighted by Gasteiger charge is -2.10. The zero-order valence-electron chi connectivity index (χ0n) is 12.5. The fraction of sp³-hybridized carbons (Fsp3) is 0. The molecule has 0 unspecified atom stereocenters. The highest BCUT2D eigenvalue weighted by molar-refractivity contribution is 6.42. The number of nitrogens with one attached hydrogen (secondary N) is 2. The van der Waals surface area contributed by atoms with Gasteiger partial charge in [-0.25, -0.2) is 9.97 Å². The first kappa shape index (κ1) is 16.9. The molecule has 10 heteroatoms. The molecule has 0 saturated carbocycles. The molecule has 3 aromatic rings. The number of hydrogen-bond acceptors (Lipinski definition) is 7. The zero-order chi connectivity index (χ0) is 17.8. The van der Waals surface area contributed by atoms with Crippen molar-refractivity contribution in [3.05, 3.63) is 69.2 Å². The summed E-state index contributed by atoms with van der Waals surface area (Å²) in [5, 5.41) is 17.9. The minimum atomic E-state index is -0.571. The van der Waals surface area contributed by atoms with Gasteiger partial charge in [0.05, 0.1) is 26.9 Å². The Bertz CT molecular complexity index is 923. The van der Waals surface area contributed by atoms with Gasteiger partial charge in [-0.2, -0.15) is 0 Å². The first-order chi connectivity index (χ1) is 12.0. The minimum absolute atomic E-state index is 0.0183. The van der Waals surface area contributed by atoms with Crippen molar-refractivity contribution in [3.8, 4) is 0 Å². The summed E-state index contributed by atoms with van der Waals surface area (Å²) in [5.74, 6) is 0.0559. The van der Waals surface area contributed by atoms with E-state index in [-0.39, 0.29) is 17.3 Å². The van der Waals surface area contributed by atoms with E-state index in [1.165, 1.54) is 12.5 Å². The quantitative estimate of drug-likeness (QED) is 0.495. The van der Waals surface area contributed by atoms with Crippen LogP contribution in [0.15, 0.2) is 49.1 Å². The predicted octanol–water partition coefficient (Wildman–Crippen LogP) is 4.57. The lowest BCUT2D eigenvalue weighted by atomic mass is 10.3. The second-order valence-corrected chi connectivity index (χ2v) is 5.61. The van der Waals surface area contributed by atoms with Crippen LogP contribution in [0, 0.1) is 10.1 Å². The number of halogens is 2. The number of anilines is 4. The van der Waals surface area contributed by atoms with Crippen LogP contribution in [0.3, 0.4) is 0 Å². The van der Waals surface area contributed by atoms with Crippen LogP contribution in [0.25, 0.3) is 0 Å². The maximum Gasteiger partial charge on any atom is 0.353 e. The monoisotopic (exact) mass is 376 g/mol. The standard InChI is InChI=1S/C15H10Cl2N6O2/c16-11-4-3-9(6-12(11)17)21-14-13(23(24)25)15(20-8-19-14)22-10-2-1-5-18-7-10/h1-8H,(H2,19,20,21,22). The highest BCUT2D eigenvalue weighted by Crippen LogP contribution is 2.34. The number of rotatable bonds is 5. The van der Waals surface area contributed by atoms with Crippen LogP contribution in [0.4, 0.5) is 28.7 Å². The fourth-order valence-corrected chi connectivity index (χ4v) is 2.32. The number of benzene rings is 1. The average Bonchev–Trinajstić information content (AvgIpc) is 2.59. The molecular formula is C15H10Cl2N6O2. The van der Waals surface area contributed by atoms with E-state index in [0.29, 0.717) is 21.4 Å². The summed E-state index contributed by atoms with van der Waals surface area (Å²) in [6.07, 6.45) is 4.33. The summed E-state index contributed by atoms with van der Waals surface area (Å²) in [6, 6.07) is 8.17. The van der Waals surface area contributed by atoms with Gasteiger partial charge >= 0.3 is 5.69 Å². The van der Waals surface area contributed by atoms with Gasteiger partial charge in [0.15, 0.2) is 0 Å². The first-order valence-electron chi connectivity index (χ1n) is 6.93. The molecule has 0 radical (unpaired) electrons. The van der Waals surface area contributed by atoms with E-state index in [2.05, 4.69) is 25.6 Å². The van der Waals surface area contributed by atoms with Crippen LogP contribution >= 0.6 is 23.2 Å². The Kier molecular flexibility index (Phi) is 4.92. The van der Waals surface area contributed by atoms with Gasteiger partial charge in [0.2, 0.25) is 11.6 Å². The van der Waals surface area contributed by atoms with Gasteiger partial charge in [0.1, 0.15) is 6.33 Å². The second kappa shape index (κ2) is 7.29. The van der Waals surface area contributed by atoms with Gasteiger partial charge < -0.3 is 10.6 Å². The van der Waals surface area contributed by atoms with E-state index < -0.39 is 4.92 Å². The van der Waals surface area contributed by atoms with Crippen LogP contribution in [-0.4, -0.2) is 19.9 Å². The van der Waals surface area contributed by atoms with E-state index in [0.717, 1.165) is 0 Å². The van der Waals surface area contributed by atoms with Crippen molar-refractivity contribution in [2.45, 2.75) is 0 Å². The van der Waals surface area contributed by atoms with Gasteiger partial charge in [0.25, 0.3) is 0 Å². The normalized spacial score (nSPS) is 10.3. The van der Waals surface area contributed by atoms with E-state index in [9.17, 15) is 10.1 Å². The topological polar surface area (TPSA) is 106 Å². The van der Waals surface area contributed by atoms with E-state index >= 15 is 0 Å². The van der Waals surface area contributed by atoms with Crippen LogP contribution in [0.2, 0.25) is 10.0 Å². The van der Waals surface area contributed by atoms with Gasteiger partial charge in [-0.15, -0.1) is 0 Å². The first-order valence-corrected chi connectivity index (χ1v) is 7.68. The molecule has 25 heavy (non-hydrogen) atoms. The van der Waals surface area contributed by atoms with Crippen molar-refractivity contribution < 1.29 is 4.92 Å². The number of nitro groups is 1. The molecule has 1 aromatic carbocycles. The summed E-state index contributed by atoms with van der Waals surface area (Å²) in [7, 11) is 0. The maximum atomic E-state index is 11.5. The number of nitrogens with zero attached hydrogens (tertiary/aromatic N) is 4. The minimum Gasteiger partial charge on any atom is -0.334 e. The smallest absolute Gasteiger partial charge is 0.334 e. The molecule has 0 saturated heterocycles. The number of aromatic nitrogens is 3. The summed E-state index contributed by atoms with van der Waals surface area (Å²) in [5.41, 5.74) is 0.755. The molecule has 8 nitrogen and oxygen atoms in total. The third kappa shape index (κ3) is 3.93. The molecule has 0 fully saturated rings. The van der Waals surface area contributed by atoms with Crippen molar-refractivity contribution in [1.29, 1.82) is 0 Å². The lowest BCUT2D eigenvalue weighted by molar-refractivity contribution is -0.383. The molecule has 3 rings (SSSR count). The highest BCUT2D eigenvalue weighted by Gasteiger charge is 2.23. The Morgan fingerprint density at radius 3 is 2.32 bits per heavy atom. The second-order valence-electron chi connectivity index (χ2n) is 4.80. The number of pyridine rings is 1. The average molecular weight is 377 g/mol. The van der Waals surface area contributed by atoms with E-state index in [1.54, 1.807) is 36.5 Å². The molecule has 126 valence electrons. The van der Waals surface area contributed by atoms with Crippen molar-refractivity contribution in [1.82, 2.24) is 15.0 Å². The van der Waals surface area contributed by atoms with Crippen molar-refractivity contribution >= 4 is 51.9 Å². The molecule has 2 N–H and O–H groups in total. The summed E-state index contributed by atoms with van der Waals surface area (Å²) >= 11 is 11.8. The summed E-state index contributed by atoms with van der Waals surface area (Å²) in [4.78, 5) is 22.8. The van der Waals surface area contributed by atoms with E-state index in [1.807, 2.05) is 0 Å². The van der Waals surface area contributed by atoms with Crippen LogP contribution in [-0.2, 0) is 0 Å². The van der Waals surface area contributed by atoms with Gasteiger partial charge in [0, 0.05) is 11.9 Å². The van der Waals surface area contributed by atoms with Crippen molar-refractivity contribution in [3.63, 3.8) is 0 Å². The SMILES string of the molecule is O=[N+]([O-])c1c(Nc2cccnc2)ncnc1Nc1ccc(Cl)c(Cl)c1. The molecule has 2 heterocycles. The van der Waals surface area contributed by atoms with Gasteiger partial charge in [-0.05, 0) is 30.3 Å². The van der Waals surface area contributed by atoms with Crippen molar-refractivity contribution in [2.75, 3.05) is 10.6 Å². The van der Waals surface area contributed by atoms with E-state index in [4.69, 9.17) is 23.2 Å². The molecule has 0 aliphatic heterocycles.